The number of aryl methyl sites for hydroxylation is 2. The van der Waals surface area contributed by atoms with Gasteiger partial charge in [-0.2, -0.15) is 0 Å². The Morgan fingerprint density at radius 3 is 2.64 bits per heavy atom. The second-order valence-electron chi connectivity index (χ2n) is 3.94. The molecule has 0 aromatic carbocycles. The SMILES string of the molecule is Cc1cc(C(C#CO)C2CC2)c(C)o1. The minimum Gasteiger partial charge on any atom is -0.466 e. The van der Waals surface area contributed by atoms with Gasteiger partial charge in [-0.3, -0.25) is 0 Å². The van der Waals surface area contributed by atoms with Gasteiger partial charge >= 0.3 is 0 Å². The molecule has 74 valence electrons. The number of rotatable bonds is 2. The highest BCUT2D eigenvalue weighted by Gasteiger charge is 2.33. The van der Waals surface area contributed by atoms with Crippen molar-refractivity contribution in [3.63, 3.8) is 0 Å². The quantitative estimate of drug-likeness (QED) is 0.727. The molecular formula is C12H14O2. The van der Waals surface area contributed by atoms with Crippen LogP contribution in [0.2, 0.25) is 0 Å². The molecule has 2 rings (SSSR count). The molecule has 0 saturated heterocycles. The Hall–Kier alpha value is -1.36. The van der Waals surface area contributed by atoms with Gasteiger partial charge in [0.05, 0.1) is 5.92 Å². The van der Waals surface area contributed by atoms with Crippen LogP contribution < -0.4 is 0 Å². The van der Waals surface area contributed by atoms with E-state index >= 15 is 0 Å². The molecular weight excluding hydrogens is 176 g/mol. The maximum absolute atomic E-state index is 8.68. The summed E-state index contributed by atoms with van der Waals surface area (Å²) in [7, 11) is 0. The third-order valence-corrected chi connectivity index (χ3v) is 2.73. The number of aliphatic hydroxyl groups is 1. The maximum Gasteiger partial charge on any atom is 0.108 e. The Morgan fingerprint density at radius 2 is 2.21 bits per heavy atom. The first-order valence-corrected chi connectivity index (χ1v) is 4.94. The van der Waals surface area contributed by atoms with Crippen LogP contribution in [0.15, 0.2) is 10.5 Å². The molecule has 14 heavy (non-hydrogen) atoms. The zero-order valence-corrected chi connectivity index (χ0v) is 8.50. The topological polar surface area (TPSA) is 33.4 Å². The van der Waals surface area contributed by atoms with Crippen LogP contribution in [0.25, 0.3) is 0 Å². The minimum atomic E-state index is 0.164. The van der Waals surface area contributed by atoms with Gasteiger partial charge in [-0.25, -0.2) is 0 Å². The van der Waals surface area contributed by atoms with Crippen molar-refractivity contribution >= 4 is 0 Å². The van der Waals surface area contributed by atoms with Gasteiger partial charge in [-0.1, -0.05) is 5.92 Å². The van der Waals surface area contributed by atoms with E-state index in [0.29, 0.717) is 5.92 Å². The molecule has 0 aliphatic heterocycles. The maximum atomic E-state index is 8.68. The van der Waals surface area contributed by atoms with Crippen LogP contribution in [-0.4, -0.2) is 5.11 Å². The first kappa shape index (κ1) is 9.21. The van der Waals surface area contributed by atoms with Gasteiger partial charge in [0.1, 0.15) is 17.6 Å². The van der Waals surface area contributed by atoms with Crippen LogP contribution in [0.3, 0.4) is 0 Å². The van der Waals surface area contributed by atoms with Gasteiger partial charge < -0.3 is 9.52 Å². The zero-order chi connectivity index (χ0) is 10.1. The first-order valence-electron chi connectivity index (χ1n) is 4.94. The molecule has 1 fully saturated rings. The molecule has 1 unspecified atom stereocenters. The van der Waals surface area contributed by atoms with E-state index in [1.165, 1.54) is 12.8 Å². The van der Waals surface area contributed by atoms with Gasteiger partial charge in [0, 0.05) is 5.56 Å². The van der Waals surface area contributed by atoms with E-state index in [4.69, 9.17) is 9.52 Å². The van der Waals surface area contributed by atoms with Crippen molar-refractivity contribution in [2.24, 2.45) is 5.92 Å². The molecule has 1 aliphatic carbocycles. The standard InChI is InChI=1S/C12H14O2/c1-8-7-12(9(2)14-8)11(5-6-13)10-3-4-10/h7,10-11,13H,3-4H2,1-2H3. The molecule has 1 N–H and O–H groups in total. The van der Waals surface area contributed by atoms with E-state index in [1.807, 2.05) is 26.0 Å². The van der Waals surface area contributed by atoms with Crippen LogP contribution in [0.5, 0.6) is 0 Å². The highest BCUT2D eigenvalue weighted by Crippen LogP contribution is 2.43. The van der Waals surface area contributed by atoms with Crippen molar-refractivity contribution < 1.29 is 9.52 Å². The summed E-state index contributed by atoms with van der Waals surface area (Å²) in [5.41, 5.74) is 1.14. The molecule has 1 saturated carbocycles. The largest absolute Gasteiger partial charge is 0.466 e. The van der Waals surface area contributed by atoms with Gasteiger partial charge in [0.15, 0.2) is 0 Å². The van der Waals surface area contributed by atoms with Crippen LogP contribution >= 0.6 is 0 Å². The number of furan rings is 1. The molecule has 1 aromatic rings. The highest BCUT2D eigenvalue weighted by molar-refractivity contribution is 5.33. The summed E-state index contributed by atoms with van der Waals surface area (Å²) in [5, 5.41) is 8.68. The summed E-state index contributed by atoms with van der Waals surface area (Å²) in [4.78, 5) is 0. The Kier molecular flexibility index (Phi) is 2.25. The smallest absolute Gasteiger partial charge is 0.108 e. The molecule has 0 bridgehead atoms. The lowest BCUT2D eigenvalue weighted by Gasteiger charge is -2.06. The molecule has 1 atom stereocenters. The molecule has 2 nitrogen and oxygen atoms in total. The van der Waals surface area contributed by atoms with Crippen LogP contribution in [0.4, 0.5) is 0 Å². The fraction of sp³-hybridized carbons (Fsp3) is 0.500. The summed E-state index contributed by atoms with van der Waals surface area (Å²) in [5.74, 6) is 5.49. The van der Waals surface area contributed by atoms with Crippen molar-refractivity contribution in [2.45, 2.75) is 32.6 Å². The van der Waals surface area contributed by atoms with E-state index in [9.17, 15) is 0 Å². The molecule has 0 radical (unpaired) electrons. The van der Waals surface area contributed by atoms with Crippen molar-refractivity contribution in [3.8, 4) is 12.0 Å². The lowest BCUT2D eigenvalue weighted by atomic mass is 9.95. The fourth-order valence-corrected chi connectivity index (χ4v) is 1.91. The summed E-state index contributed by atoms with van der Waals surface area (Å²) < 4.78 is 5.47. The van der Waals surface area contributed by atoms with Gasteiger partial charge in [0.2, 0.25) is 0 Å². The van der Waals surface area contributed by atoms with Crippen molar-refractivity contribution in [1.82, 2.24) is 0 Å². The van der Waals surface area contributed by atoms with E-state index in [-0.39, 0.29) is 5.92 Å². The second kappa shape index (κ2) is 3.42. The lowest BCUT2D eigenvalue weighted by Crippen LogP contribution is -1.98. The Labute approximate surface area is 83.9 Å². The van der Waals surface area contributed by atoms with E-state index in [0.717, 1.165) is 17.1 Å². The third kappa shape index (κ3) is 1.63. The number of aliphatic hydroxyl groups excluding tert-OH is 1. The van der Waals surface area contributed by atoms with Crippen LogP contribution in [0.1, 0.15) is 35.8 Å². The molecule has 2 heteroatoms. The molecule has 0 spiro atoms. The summed E-state index contributed by atoms with van der Waals surface area (Å²) in [6.07, 6.45) is 4.46. The average Bonchev–Trinajstić information content (AvgIpc) is 2.89. The predicted molar refractivity (Wildman–Crippen MR) is 53.4 cm³/mol. The Bertz CT molecular complexity index is 388. The minimum absolute atomic E-state index is 0.164. The molecule has 1 aromatic heterocycles. The first-order chi connectivity index (χ1) is 6.72. The molecule has 0 amide bonds. The monoisotopic (exact) mass is 190 g/mol. The van der Waals surface area contributed by atoms with Crippen LogP contribution in [-0.2, 0) is 0 Å². The number of hydrogen-bond acceptors (Lipinski definition) is 2. The number of hydrogen-bond donors (Lipinski definition) is 1. The van der Waals surface area contributed by atoms with E-state index in [2.05, 4.69) is 5.92 Å². The van der Waals surface area contributed by atoms with Crippen LogP contribution in [0, 0.1) is 31.8 Å². The van der Waals surface area contributed by atoms with Crippen molar-refractivity contribution in [2.75, 3.05) is 0 Å². The summed E-state index contributed by atoms with van der Waals surface area (Å²) in [6, 6.07) is 2.03. The van der Waals surface area contributed by atoms with Gasteiger partial charge in [-0.05, 0) is 38.7 Å². The van der Waals surface area contributed by atoms with Crippen molar-refractivity contribution in [1.29, 1.82) is 0 Å². The molecule has 1 aliphatic rings. The Morgan fingerprint density at radius 1 is 1.50 bits per heavy atom. The highest BCUT2D eigenvalue weighted by atomic mass is 16.3. The van der Waals surface area contributed by atoms with E-state index in [1.54, 1.807) is 0 Å². The summed E-state index contributed by atoms with van der Waals surface area (Å²) >= 11 is 0. The zero-order valence-electron chi connectivity index (χ0n) is 8.50. The van der Waals surface area contributed by atoms with Crippen molar-refractivity contribution in [3.05, 3.63) is 23.2 Å². The lowest BCUT2D eigenvalue weighted by molar-refractivity contribution is 0.497. The third-order valence-electron chi connectivity index (χ3n) is 2.73. The fourth-order valence-electron chi connectivity index (χ4n) is 1.91. The Balaban J connectivity index is 2.32. The van der Waals surface area contributed by atoms with E-state index < -0.39 is 0 Å². The molecule has 1 heterocycles. The predicted octanol–water partition coefficient (Wildman–Crippen LogP) is 2.72. The van der Waals surface area contributed by atoms with Gasteiger partial charge in [-0.15, -0.1) is 0 Å². The van der Waals surface area contributed by atoms with Gasteiger partial charge in [0.25, 0.3) is 0 Å². The summed E-state index contributed by atoms with van der Waals surface area (Å²) in [6.45, 7) is 3.89. The normalized spacial score (nSPS) is 17.3. The average molecular weight is 190 g/mol. The second-order valence-corrected chi connectivity index (χ2v) is 3.94.